The van der Waals surface area contributed by atoms with Crippen molar-refractivity contribution in [1.29, 1.82) is 0 Å². The van der Waals surface area contributed by atoms with Gasteiger partial charge in [-0.25, -0.2) is 0 Å². The molecule has 0 unspecified atom stereocenters. The van der Waals surface area contributed by atoms with E-state index in [9.17, 15) is 9.59 Å². The number of hydrogen-bond acceptors (Lipinski definition) is 2. The zero-order chi connectivity index (χ0) is 14.0. The number of aliphatic carboxylic acids is 1. The van der Waals surface area contributed by atoms with E-state index in [2.05, 4.69) is 16.0 Å². The van der Waals surface area contributed by atoms with Crippen LogP contribution in [0.4, 0.5) is 0 Å². The maximum absolute atomic E-state index is 11.8. The van der Waals surface area contributed by atoms with Gasteiger partial charge in [-0.15, -0.1) is 0 Å². The first kappa shape index (κ1) is 13.6. The first-order valence-corrected chi connectivity index (χ1v) is 6.62. The van der Waals surface area contributed by atoms with E-state index < -0.39 is 11.9 Å². The highest BCUT2D eigenvalue weighted by Crippen LogP contribution is 2.38. The number of carbonyl (C=O) groups is 2. The van der Waals surface area contributed by atoms with Crippen LogP contribution in [-0.2, 0) is 23.1 Å². The molecule has 1 aliphatic rings. The Balaban J connectivity index is 1.73. The summed E-state index contributed by atoms with van der Waals surface area (Å²) < 4.78 is 2.07. The minimum absolute atomic E-state index is 0.0671. The van der Waals surface area contributed by atoms with Crippen molar-refractivity contribution in [2.24, 2.45) is 18.9 Å². The summed E-state index contributed by atoms with van der Waals surface area (Å²) >= 11 is 0. The van der Waals surface area contributed by atoms with Crippen LogP contribution in [-0.4, -0.2) is 27.6 Å². The third-order valence-electron chi connectivity index (χ3n) is 3.72. The van der Waals surface area contributed by atoms with E-state index in [1.54, 1.807) is 0 Å². The number of amides is 1. The highest BCUT2D eigenvalue weighted by atomic mass is 16.4. The van der Waals surface area contributed by atoms with Crippen molar-refractivity contribution in [2.45, 2.75) is 32.2 Å². The molecule has 1 amide bonds. The number of nitrogens with one attached hydrogen (secondary N) is 1. The van der Waals surface area contributed by atoms with E-state index in [-0.39, 0.29) is 17.9 Å². The molecule has 5 nitrogen and oxygen atoms in total. The molecule has 1 heterocycles. The normalized spacial score (nSPS) is 22.8. The molecule has 1 aliphatic carbocycles. The molecular formula is C14H20N2O3. The summed E-state index contributed by atoms with van der Waals surface area (Å²) in [5, 5.41) is 11.7. The van der Waals surface area contributed by atoms with Crippen LogP contribution in [0.5, 0.6) is 0 Å². The number of carbonyl (C=O) groups excluding carboxylic acids is 1. The predicted octanol–water partition coefficient (Wildman–Crippen LogP) is 1.18. The Bertz CT molecular complexity index is 481. The average Bonchev–Trinajstić information content (AvgIpc) is 3.05. The molecule has 19 heavy (non-hydrogen) atoms. The predicted molar refractivity (Wildman–Crippen MR) is 70.6 cm³/mol. The molecule has 0 radical (unpaired) electrons. The molecule has 1 aromatic rings. The van der Waals surface area contributed by atoms with Crippen LogP contribution in [0, 0.1) is 11.8 Å². The second-order valence-electron chi connectivity index (χ2n) is 5.35. The summed E-state index contributed by atoms with van der Waals surface area (Å²) in [5.74, 6) is -1.78. The van der Waals surface area contributed by atoms with E-state index in [0.29, 0.717) is 6.42 Å². The van der Waals surface area contributed by atoms with Crippen molar-refractivity contribution in [3.8, 4) is 0 Å². The van der Waals surface area contributed by atoms with Crippen LogP contribution < -0.4 is 5.32 Å². The van der Waals surface area contributed by atoms with Crippen molar-refractivity contribution in [3.05, 3.63) is 24.0 Å². The highest BCUT2D eigenvalue weighted by molar-refractivity contribution is 5.89. The van der Waals surface area contributed by atoms with Gasteiger partial charge in [0.2, 0.25) is 5.91 Å². The van der Waals surface area contributed by atoms with Crippen molar-refractivity contribution < 1.29 is 14.7 Å². The number of carboxylic acids is 1. The van der Waals surface area contributed by atoms with Gasteiger partial charge in [0.25, 0.3) is 0 Å². The third-order valence-corrected chi connectivity index (χ3v) is 3.72. The van der Waals surface area contributed by atoms with Gasteiger partial charge in [0, 0.05) is 25.0 Å². The first-order valence-electron chi connectivity index (χ1n) is 6.62. The molecule has 2 rings (SSSR count). The molecule has 104 valence electrons. The summed E-state index contributed by atoms with van der Waals surface area (Å²) in [6, 6.07) is 4.13. The Hall–Kier alpha value is -1.78. The maximum Gasteiger partial charge on any atom is 0.307 e. The minimum atomic E-state index is -0.864. The first-order chi connectivity index (χ1) is 8.99. The fourth-order valence-corrected chi connectivity index (χ4v) is 2.30. The molecule has 0 spiro atoms. The molecule has 0 aliphatic heterocycles. The molecule has 5 heteroatoms. The zero-order valence-electron chi connectivity index (χ0n) is 11.3. The fraction of sp³-hybridized carbons (Fsp3) is 0.571. The summed E-state index contributed by atoms with van der Waals surface area (Å²) in [6.45, 7) is 1.96. The Morgan fingerprint density at radius 2 is 2.26 bits per heavy atom. The smallest absolute Gasteiger partial charge is 0.307 e. The van der Waals surface area contributed by atoms with Gasteiger partial charge in [-0.3, -0.25) is 9.59 Å². The van der Waals surface area contributed by atoms with Crippen LogP contribution in [0.2, 0.25) is 0 Å². The van der Waals surface area contributed by atoms with Crippen molar-refractivity contribution in [2.75, 3.05) is 0 Å². The van der Waals surface area contributed by atoms with Crippen LogP contribution in [0.3, 0.4) is 0 Å². The van der Waals surface area contributed by atoms with Gasteiger partial charge in [0.05, 0.1) is 11.8 Å². The summed E-state index contributed by atoms with van der Waals surface area (Å²) in [5.41, 5.74) is 1.23. The van der Waals surface area contributed by atoms with Gasteiger partial charge >= 0.3 is 5.97 Å². The lowest BCUT2D eigenvalue weighted by atomic mass is 10.1. The third kappa shape index (κ3) is 3.36. The Morgan fingerprint density at radius 1 is 1.53 bits per heavy atom. The number of carboxylic acid groups (broad SMARTS) is 1. The second kappa shape index (κ2) is 5.47. The topological polar surface area (TPSA) is 71.3 Å². The standard InChI is InChI=1S/C14H20N2O3/c1-9(5-6-10-4-3-7-16(10)2)15-13(17)11-8-12(11)14(18)19/h3-4,7,9,11-12H,5-6,8H2,1-2H3,(H,15,17)(H,18,19)/t9-,11-,12-/m1/s1. The van der Waals surface area contributed by atoms with E-state index >= 15 is 0 Å². The Labute approximate surface area is 112 Å². The molecule has 1 fully saturated rings. The number of aryl methyl sites for hydroxylation is 2. The summed E-state index contributed by atoms with van der Waals surface area (Å²) in [6.07, 6.45) is 4.23. The lowest BCUT2D eigenvalue weighted by Crippen LogP contribution is -2.34. The lowest BCUT2D eigenvalue weighted by molar-refractivity contribution is -0.140. The average molecular weight is 264 g/mol. The molecule has 1 aromatic heterocycles. The SMILES string of the molecule is C[C@H](CCc1cccn1C)NC(=O)[C@@H]1C[C@H]1C(=O)O. The number of aromatic nitrogens is 1. The summed E-state index contributed by atoms with van der Waals surface area (Å²) in [7, 11) is 2.00. The van der Waals surface area contributed by atoms with Crippen LogP contribution in [0.15, 0.2) is 18.3 Å². The number of nitrogens with zero attached hydrogens (tertiary/aromatic N) is 1. The lowest BCUT2D eigenvalue weighted by Gasteiger charge is -2.14. The van der Waals surface area contributed by atoms with E-state index in [4.69, 9.17) is 5.11 Å². The molecule has 1 saturated carbocycles. The van der Waals surface area contributed by atoms with E-state index in [1.807, 2.05) is 26.2 Å². The van der Waals surface area contributed by atoms with Crippen LogP contribution in [0.25, 0.3) is 0 Å². The van der Waals surface area contributed by atoms with Gasteiger partial charge in [-0.2, -0.15) is 0 Å². The van der Waals surface area contributed by atoms with Gasteiger partial charge in [0.1, 0.15) is 0 Å². The van der Waals surface area contributed by atoms with Gasteiger partial charge in [-0.1, -0.05) is 0 Å². The van der Waals surface area contributed by atoms with Crippen molar-refractivity contribution >= 4 is 11.9 Å². The molecule has 0 bridgehead atoms. The van der Waals surface area contributed by atoms with Gasteiger partial charge < -0.3 is 15.0 Å². The molecule has 3 atom stereocenters. The Kier molecular flexibility index (Phi) is 3.93. The van der Waals surface area contributed by atoms with Gasteiger partial charge in [0.15, 0.2) is 0 Å². The van der Waals surface area contributed by atoms with Crippen molar-refractivity contribution in [3.63, 3.8) is 0 Å². The fourth-order valence-electron chi connectivity index (χ4n) is 2.30. The minimum Gasteiger partial charge on any atom is -0.481 e. The molecule has 2 N–H and O–H groups in total. The van der Waals surface area contributed by atoms with E-state index in [1.165, 1.54) is 5.69 Å². The zero-order valence-corrected chi connectivity index (χ0v) is 11.3. The molecular weight excluding hydrogens is 244 g/mol. The number of rotatable bonds is 6. The molecule has 0 aromatic carbocycles. The van der Waals surface area contributed by atoms with Crippen molar-refractivity contribution in [1.82, 2.24) is 9.88 Å². The monoisotopic (exact) mass is 264 g/mol. The summed E-state index contributed by atoms with van der Waals surface area (Å²) in [4.78, 5) is 22.5. The van der Waals surface area contributed by atoms with E-state index in [0.717, 1.165) is 12.8 Å². The second-order valence-corrected chi connectivity index (χ2v) is 5.35. The van der Waals surface area contributed by atoms with Crippen LogP contribution in [0.1, 0.15) is 25.5 Å². The van der Waals surface area contributed by atoms with Gasteiger partial charge in [-0.05, 0) is 38.3 Å². The maximum atomic E-state index is 11.8. The quantitative estimate of drug-likeness (QED) is 0.810. The Morgan fingerprint density at radius 3 is 2.79 bits per heavy atom. The van der Waals surface area contributed by atoms with Crippen LogP contribution >= 0.6 is 0 Å². The molecule has 0 saturated heterocycles. The highest BCUT2D eigenvalue weighted by Gasteiger charge is 2.48. The largest absolute Gasteiger partial charge is 0.481 e. The number of hydrogen-bond donors (Lipinski definition) is 2.